The van der Waals surface area contributed by atoms with E-state index in [2.05, 4.69) is 20.4 Å². The van der Waals surface area contributed by atoms with Gasteiger partial charge in [0.1, 0.15) is 5.56 Å². The first kappa shape index (κ1) is 22.1. The molecule has 0 saturated heterocycles. The Labute approximate surface area is 192 Å². The minimum atomic E-state index is -0.381. The van der Waals surface area contributed by atoms with Gasteiger partial charge in [0.2, 0.25) is 0 Å². The van der Waals surface area contributed by atoms with Crippen LogP contribution in [-0.4, -0.2) is 36.8 Å². The number of pyridine rings is 3. The number of nitrogens with zero attached hydrogens (tertiary/aromatic N) is 5. The summed E-state index contributed by atoms with van der Waals surface area (Å²) in [5.74, 6) is -0.381. The molecule has 1 N–H and O–H groups in total. The van der Waals surface area contributed by atoms with Crippen molar-refractivity contribution in [2.75, 3.05) is 6.54 Å². The molecule has 0 aliphatic carbocycles. The molecule has 0 unspecified atom stereocenters. The summed E-state index contributed by atoms with van der Waals surface area (Å²) < 4.78 is 3.33. The van der Waals surface area contributed by atoms with Crippen molar-refractivity contribution in [1.29, 1.82) is 0 Å². The Morgan fingerprint density at radius 3 is 2.48 bits per heavy atom. The van der Waals surface area contributed by atoms with Crippen molar-refractivity contribution < 1.29 is 4.79 Å². The molecule has 8 heteroatoms. The van der Waals surface area contributed by atoms with Crippen LogP contribution in [0.2, 0.25) is 0 Å². The van der Waals surface area contributed by atoms with Crippen molar-refractivity contribution >= 4 is 5.91 Å². The fourth-order valence-electron chi connectivity index (χ4n) is 3.83. The van der Waals surface area contributed by atoms with Gasteiger partial charge >= 0.3 is 0 Å². The maximum atomic E-state index is 12.8. The number of hydrogen-bond acceptors (Lipinski definition) is 5. The molecule has 0 aromatic carbocycles. The van der Waals surface area contributed by atoms with E-state index in [1.54, 1.807) is 26.4 Å². The maximum absolute atomic E-state index is 12.8. The number of hydrogen-bond donors (Lipinski definition) is 1. The van der Waals surface area contributed by atoms with Crippen LogP contribution in [0, 0.1) is 20.8 Å². The lowest BCUT2D eigenvalue weighted by Crippen LogP contribution is -2.35. The van der Waals surface area contributed by atoms with Crippen molar-refractivity contribution in [3.63, 3.8) is 0 Å². The highest BCUT2D eigenvalue weighted by molar-refractivity contribution is 5.95. The molecule has 0 aliphatic rings. The fraction of sp³-hybridized carbons (Fsp3) is 0.240. The maximum Gasteiger partial charge on any atom is 0.263 e. The third kappa shape index (κ3) is 4.45. The summed E-state index contributed by atoms with van der Waals surface area (Å²) in [6, 6.07) is 9.68. The number of rotatable bonds is 6. The fourth-order valence-corrected chi connectivity index (χ4v) is 3.83. The zero-order valence-electron chi connectivity index (χ0n) is 19.2. The van der Waals surface area contributed by atoms with Crippen molar-refractivity contribution in [3.05, 3.63) is 88.0 Å². The number of nitrogens with one attached hydrogen (secondary N) is 1. The van der Waals surface area contributed by atoms with Gasteiger partial charge in [0.05, 0.1) is 18.4 Å². The van der Waals surface area contributed by atoms with Gasteiger partial charge in [0.25, 0.3) is 11.5 Å². The third-order valence-electron chi connectivity index (χ3n) is 5.72. The predicted octanol–water partition coefficient (Wildman–Crippen LogP) is 3.06. The predicted molar refractivity (Wildman–Crippen MR) is 127 cm³/mol. The molecule has 0 aliphatic heterocycles. The minimum absolute atomic E-state index is 0.170. The van der Waals surface area contributed by atoms with Crippen LogP contribution in [0.1, 0.15) is 27.3 Å². The van der Waals surface area contributed by atoms with Crippen LogP contribution in [0.5, 0.6) is 0 Å². The molecule has 1 amide bonds. The SMILES string of the molecule is Cc1ccc(-c2c(-c3ccncc3)cnn2CCNC(=O)c2c(C)cc(C)n(C)c2=O)cn1. The summed E-state index contributed by atoms with van der Waals surface area (Å²) in [6.45, 7) is 6.32. The van der Waals surface area contributed by atoms with Gasteiger partial charge in [0.15, 0.2) is 0 Å². The summed E-state index contributed by atoms with van der Waals surface area (Å²) in [5, 5.41) is 7.45. The van der Waals surface area contributed by atoms with Crippen LogP contribution in [0.25, 0.3) is 22.4 Å². The second kappa shape index (κ2) is 9.20. The van der Waals surface area contributed by atoms with Gasteiger partial charge in [-0.2, -0.15) is 5.10 Å². The highest BCUT2D eigenvalue weighted by Crippen LogP contribution is 2.31. The summed E-state index contributed by atoms with van der Waals surface area (Å²) >= 11 is 0. The Balaban J connectivity index is 1.60. The molecule has 4 aromatic rings. The molecule has 0 saturated carbocycles. The zero-order chi connectivity index (χ0) is 23.5. The average molecular weight is 443 g/mol. The van der Waals surface area contributed by atoms with E-state index >= 15 is 0 Å². The molecular weight excluding hydrogens is 416 g/mol. The summed E-state index contributed by atoms with van der Waals surface area (Å²) in [6.07, 6.45) is 7.13. The number of aryl methyl sites for hydroxylation is 3. The van der Waals surface area contributed by atoms with Crippen molar-refractivity contribution in [3.8, 4) is 22.4 Å². The van der Waals surface area contributed by atoms with Crippen molar-refractivity contribution in [1.82, 2.24) is 29.6 Å². The minimum Gasteiger partial charge on any atom is -0.350 e. The summed E-state index contributed by atoms with van der Waals surface area (Å²) in [5.41, 5.74) is 6.07. The number of amides is 1. The smallest absolute Gasteiger partial charge is 0.263 e. The second-order valence-corrected chi connectivity index (χ2v) is 8.02. The molecule has 4 aromatic heterocycles. The average Bonchev–Trinajstić information content (AvgIpc) is 3.22. The molecule has 8 nitrogen and oxygen atoms in total. The van der Waals surface area contributed by atoms with E-state index in [4.69, 9.17) is 0 Å². The molecule has 0 atom stereocenters. The normalized spacial score (nSPS) is 10.9. The van der Waals surface area contributed by atoms with E-state index in [0.717, 1.165) is 33.8 Å². The largest absolute Gasteiger partial charge is 0.350 e. The molecule has 4 rings (SSSR count). The monoisotopic (exact) mass is 442 g/mol. The highest BCUT2D eigenvalue weighted by Gasteiger charge is 2.18. The standard InChI is InChI=1S/C25H26N6O2/c1-16-13-18(3)30(4)25(33)22(16)24(32)27-11-12-31-23(20-6-5-17(2)28-14-20)21(15-29-31)19-7-9-26-10-8-19/h5-10,13-15H,11-12H2,1-4H3,(H,27,32). The molecule has 0 fully saturated rings. The number of carbonyl (C=O) groups excluding carboxylic acids is 1. The van der Waals surface area contributed by atoms with E-state index < -0.39 is 0 Å². The Morgan fingerprint density at radius 1 is 1.03 bits per heavy atom. The molecule has 33 heavy (non-hydrogen) atoms. The van der Waals surface area contributed by atoms with Gasteiger partial charge in [-0.15, -0.1) is 0 Å². The van der Waals surface area contributed by atoms with Gasteiger partial charge in [-0.1, -0.05) is 0 Å². The number of aromatic nitrogens is 5. The Morgan fingerprint density at radius 2 is 1.79 bits per heavy atom. The highest BCUT2D eigenvalue weighted by atomic mass is 16.2. The van der Waals surface area contributed by atoms with Crippen molar-refractivity contribution in [2.24, 2.45) is 7.05 Å². The topological polar surface area (TPSA) is 94.7 Å². The van der Waals surface area contributed by atoms with Crippen LogP contribution in [0.15, 0.2) is 59.9 Å². The Bertz CT molecular complexity index is 1350. The Kier molecular flexibility index (Phi) is 6.17. The van der Waals surface area contributed by atoms with Crippen LogP contribution >= 0.6 is 0 Å². The zero-order valence-corrected chi connectivity index (χ0v) is 19.2. The van der Waals surface area contributed by atoms with Gasteiger partial charge < -0.3 is 9.88 Å². The van der Waals surface area contributed by atoms with Gasteiger partial charge in [-0.3, -0.25) is 24.2 Å². The molecule has 0 bridgehead atoms. The van der Waals surface area contributed by atoms with E-state index in [1.165, 1.54) is 4.57 Å². The first-order chi connectivity index (χ1) is 15.9. The van der Waals surface area contributed by atoms with E-state index in [9.17, 15) is 9.59 Å². The number of carbonyl (C=O) groups is 1. The van der Waals surface area contributed by atoms with Crippen LogP contribution in [0.4, 0.5) is 0 Å². The third-order valence-corrected chi connectivity index (χ3v) is 5.72. The molecule has 0 radical (unpaired) electrons. The molecule has 4 heterocycles. The van der Waals surface area contributed by atoms with Gasteiger partial charge in [-0.25, -0.2) is 0 Å². The molecular formula is C25H26N6O2. The van der Waals surface area contributed by atoms with Gasteiger partial charge in [0, 0.05) is 54.7 Å². The van der Waals surface area contributed by atoms with Crippen molar-refractivity contribution in [2.45, 2.75) is 27.3 Å². The first-order valence-electron chi connectivity index (χ1n) is 10.7. The van der Waals surface area contributed by atoms with Gasteiger partial charge in [-0.05, 0) is 62.2 Å². The molecule has 0 spiro atoms. The molecule has 168 valence electrons. The van der Waals surface area contributed by atoms with Crippen LogP contribution in [0.3, 0.4) is 0 Å². The second-order valence-electron chi connectivity index (χ2n) is 8.02. The lowest BCUT2D eigenvalue weighted by molar-refractivity contribution is 0.0949. The van der Waals surface area contributed by atoms with Crippen LogP contribution < -0.4 is 10.9 Å². The van der Waals surface area contributed by atoms with Crippen LogP contribution in [-0.2, 0) is 13.6 Å². The van der Waals surface area contributed by atoms with E-state index in [0.29, 0.717) is 18.7 Å². The lowest BCUT2D eigenvalue weighted by Gasteiger charge is -2.13. The van der Waals surface area contributed by atoms with E-state index in [-0.39, 0.29) is 17.0 Å². The summed E-state index contributed by atoms with van der Waals surface area (Å²) in [7, 11) is 1.67. The quantitative estimate of drug-likeness (QED) is 0.495. The summed E-state index contributed by atoms with van der Waals surface area (Å²) in [4.78, 5) is 33.9. The Hall–Kier alpha value is -4.07. The van der Waals surface area contributed by atoms with E-state index in [1.807, 2.05) is 61.3 Å². The first-order valence-corrected chi connectivity index (χ1v) is 10.7. The lowest BCUT2D eigenvalue weighted by atomic mass is 10.0.